The normalized spacial score (nSPS) is 14.8. The third-order valence-electron chi connectivity index (χ3n) is 5.79. The molecule has 0 spiro atoms. The van der Waals surface area contributed by atoms with Crippen LogP contribution in [0.2, 0.25) is 0 Å². The molecule has 1 fully saturated rings. The molecule has 1 saturated carbocycles. The van der Waals surface area contributed by atoms with Crippen LogP contribution in [-0.2, 0) is 12.7 Å². The fraction of sp³-hybridized carbons (Fsp3) is 0.280. The molecule has 0 aliphatic heterocycles. The first kappa shape index (κ1) is 22.0. The van der Waals surface area contributed by atoms with E-state index in [0.717, 1.165) is 36.1 Å². The minimum Gasteiger partial charge on any atom is -0.344 e. The molecule has 1 heterocycles. The van der Waals surface area contributed by atoms with Crippen LogP contribution in [0, 0.1) is 0 Å². The van der Waals surface area contributed by atoms with Gasteiger partial charge >= 0.3 is 6.18 Å². The maximum atomic E-state index is 13.1. The number of rotatable bonds is 6. The molecule has 1 aliphatic rings. The van der Waals surface area contributed by atoms with Crippen LogP contribution in [-0.4, -0.2) is 10.9 Å². The Balaban J connectivity index is 1.51. The Labute approximate surface area is 184 Å². The largest absolute Gasteiger partial charge is 0.416 e. The molecular formula is C25H24F3N3O. The average molecular weight is 439 g/mol. The Hall–Kier alpha value is -3.19. The quantitative estimate of drug-likeness (QED) is 0.526. The molecule has 32 heavy (non-hydrogen) atoms. The molecule has 1 aromatic heterocycles. The second-order valence-electron chi connectivity index (χ2n) is 8.14. The molecular weight excluding hydrogens is 415 g/mol. The summed E-state index contributed by atoms with van der Waals surface area (Å²) in [7, 11) is 0. The van der Waals surface area contributed by atoms with Crippen LogP contribution < -0.4 is 11.1 Å². The molecule has 2 aromatic carbocycles. The number of nitrogens with zero attached hydrogens (tertiary/aromatic N) is 1. The van der Waals surface area contributed by atoms with E-state index in [9.17, 15) is 18.0 Å². The lowest BCUT2D eigenvalue weighted by atomic mass is 9.95. The van der Waals surface area contributed by atoms with Gasteiger partial charge in [0.15, 0.2) is 0 Å². The van der Waals surface area contributed by atoms with Gasteiger partial charge in [-0.15, -0.1) is 0 Å². The van der Waals surface area contributed by atoms with Gasteiger partial charge < -0.3 is 11.1 Å². The van der Waals surface area contributed by atoms with Crippen LogP contribution in [0.3, 0.4) is 0 Å². The summed E-state index contributed by atoms with van der Waals surface area (Å²) in [4.78, 5) is 16.8. The Morgan fingerprint density at radius 2 is 1.84 bits per heavy atom. The van der Waals surface area contributed by atoms with Crippen molar-refractivity contribution < 1.29 is 18.0 Å². The van der Waals surface area contributed by atoms with Crippen molar-refractivity contribution in [1.29, 1.82) is 0 Å². The first-order chi connectivity index (χ1) is 15.3. The van der Waals surface area contributed by atoms with Crippen LogP contribution >= 0.6 is 0 Å². The van der Waals surface area contributed by atoms with Crippen molar-refractivity contribution in [3.8, 4) is 11.1 Å². The maximum absolute atomic E-state index is 13.1. The molecule has 4 nitrogen and oxygen atoms in total. The first-order valence-corrected chi connectivity index (χ1v) is 10.5. The minimum absolute atomic E-state index is 0.134. The lowest BCUT2D eigenvalue weighted by Gasteiger charge is -2.16. The number of hydrogen-bond donors (Lipinski definition) is 2. The summed E-state index contributed by atoms with van der Waals surface area (Å²) in [5, 5.41) is 2.94. The van der Waals surface area contributed by atoms with E-state index in [1.54, 1.807) is 30.5 Å². The SMILES string of the molecule is C[C@@H](NC(=O)c1cc(C2CC2)ccn1)c1ccc(-c2cc(C(F)(F)F)ccc2CN)cc1. The van der Waals surface area contributed by atoms with E-state index in [4.69, 9.17) is 5.73 Å². The Bertz CT molecular complexity index is 1120. The van der Waals surface area contributed by atoms with E-state index in [1.165, 1.54) is 6.07 Å². The summed E-state index contributed by atoms with van der Waals surface area (Å²) in [6.45, 7) is 1.99. The third kappa shape index (κ3) is 4.83. The maximum Gasteiger partial charge on any atom is 0.416 e. The number of alkyl halides is 3. The lowest BCUT2D eigenvalue weighted by molar-refractivity contribution is -0.137. The van der Waals surface area contributed by atoms with Crippen molar-refractivity contribution in [2.24, 2.45) is 5.73 Å². The fourth-order valence-electron chi connectivity index (χ4n) is 3.75. The summed E-state index contributed by atoms with van der Waals surface area (Å²) in [5.74, 6) is 0.274. The number of pyridine rings is 1. The zero-order valence-corrected chi connectivity index (χ0v) is 17.6. The van der Waals surface area contributed by atoms with E-state index in [0.29, 0.717) is 28.3 Å². The van der Waals surface area contributed by atoms with E-state index in [1.807, 2.05) is 19.1 Å². The number of benzene rings is 2. The fourth-order valence-corrected chi connectivity index (χ4v) is 3.75. The predicted octanol–water partition coefficient (Wildman–Crippen LogP) is 5.59. The number of carbonyl (C=O) groups is 1. The van der Waals surface area contributed by atoms with Gasteiger partial charge in [0.2, 0.25) is 0 Å². The van der Waals surface area contributed by atoms with Crippen molar-refractivity contribution in [3.05, 3.63) is 88.7 Å². The summed E-state index contributed by atoms with van der Waals surface area (Å²) >= 11 is 0. The topological polar surface area (TPSA) is 68.0 Å². The summed E-state index contributed by atoms with van der Waals surface area (Å²) < 4.78 is 39.4. The molecule has 0 unspecified atom stereocenters. The summed E-state index contributed by atoms with van der Waals surface area (Å²) in [6, 6.07) is 14.2. The molecule has 0 saturated heterocycles. The van der Waals surface area contributed by atoms with Crippen LogP contribution in [0.25, 0.3) is 11.1 Å². The Kier molecular flexibility index (Phi) is 6.02. The van der Waals surface area contributed by atoms with Crippen LogP contribution in [0.5, 0.6) is 0 Å². The number of carbonyl (C=O) groups excluding carboxylic acids is 1. The second-order valence-corrected chi connectivity index (χ2v) is 8.14. The number of nitrogens with two attached hydrogens (primary N) is 1. The van der Waals surface area contributed by atoms with Crippen LogP contribution in [0.1, 0.15) is 64.5 Å². The highest BCUT2D eigenvalue weighted by Crippen LogP contribution is 2.40. The van der Waals surface area contributed by atoms with Crippen LogP contribution in [0.4, 0.5) is 13.2 Å². The lowest BCUT2D eigenvalue weighted by Crippen LogP contribution is -2.27. The zero-order valence-electron chi connectivity index (χ0n) is 17.6. The highest BCUT2D eigenvalue weighted by molar-refractivity contribution is 5.92. The molecule has 3 N–H and O–H groups in total. The molecule has 1 atom stereocenters. The number of hydrogen-bond acceptors (Lipinski definition) is 3. The summed E-state index contributed by atoms with van der Waals surface area (Å²) in [6.07, 6.45) is -0.477. The molecule has 1 amide bonds. The van der Waals surface area contributed by atoms with E-state index >= 15 is 0 Å². The van der Waals surface area contributed by atoms with Gasteiger partial charge in [0.05, 0.1) is 11.6 Å². The van der Waals surface area contributed by atoms with Crippen molar-refractivity contribution >= 4 is 5.91 Å². The molecule has 3 aromatic rings. The van der Waals surface area contributed by atoms with Crippen molar-refractivity contribution in [2.75, 3.05) is 0 Å². The van der Waals surface area contributed by atoms with Gasteiger partial charge in [-0.25, -0.2) is 0 Å². The molecule has 1 aliphatic carbocycles. The van der Waals surface area contributed by atoms with Gasteiger partial charge in [-0.3, -0.25) is 9.78 Å². The van der Waals surface area contributed by atoms with Gasteiger partial charge in [0.25, 0.3) is 5.91 Å². The first-order valence-electron chi connectivity index (χ1n) is 10.5. The number of halogens is 3. The van der Waals surface area contributed by atoms with Crippen molar-refractivity contribution in [3.63, 3.8) is 0 Å². The monoisotopic (exact) mass is 439 g/mol. The molecule has 0 radical (unpaired) electrons. The Morgan fingerprint density at radius 3 is 2.47 bits per heavy atom. The standard InChI is InChI=1S/C25H24F3N3O/c1-15(31-24(32)23-12-19(10-11-30-23)17-4-5-17)16-2-6-18(7-3-16)22-13-21(25(26,27)28)9-8-20(22)14-29/h2-3,6-13,15,17H,4-5,14,29H2,1H3,(H,31,32)/t15-/m1/s1. The molecule has 4 rings (SSSR count). The van der Waals surface area contributed by atoms with E-state index in [2.05, 4.69) is 10.3 Å². The van der Waals surface area contributed by atoms with Gasteiger partial charge in [-0.1, -0.05) is 30.3 Å². The highest BCUT2D eigenvalue weighted by Gasteiger charge is 2.31. The zero-order chi connectivity index (χ0) is 22.9. The van der Waals surface area contributed by atoms with Gasteiger partial charge in [0.1, 0.15) is 5.69 Å². The van der Waals surface area contributed by atoms with Gasteiger partial charge in [-0.2, -0.15) is 13.2 Å². The Morgan fingerprint density at radius 1 is 1.12 bits per heavy atom. The number of amides is 1. The molecule has 7 heteroatoms. The summed E-state index contributed by atoms with van der Waals surface area (Å²) in [5.41, 5.74) is 9.10. The highest BCUT2D eigenvalue weighted by atomic mass is 19.4. The average Bonchev–Trinajstić information content (AvgIpc) is 3.64. The molecule has 0 bridgehead atoms. The number of aromatic nitrogens is 1. The van der Waals surface area contributed by atoms with Crippen LogP contribution in [0.15, 0.2) is 60.8 Å². The van der Waals surface area contributed by atoms with Crippen molar-refractivity contribution in [2.45, 2.75) is 44.4 Å². The van der Waals surface area contributed by atoms with Gasteiger partial charge in [-0.05, 0) is 77.8 Å². The van der Waals surface area contributed by atoms with E-state index in [-0.39, 0.29) is 18.5 Å². The predicted molar refractivity (Wildman–Crippen MR) is 117 cm³/mol. The van der Waals surface area contributed by atoms with E-state index < -0.39 is 11.7 Å². The molecule has 166 valence electrons. The number of nitrogens with one attached hydrogen (secondary N) is 1. The minimum atomic E-state index is -4.43. The smallest absolute Gasteiger partial charge is 0.344 e. The van der Waals surface area contributed by atoms with Gasteiger partial charge in [0, 0.05) is 12.7 Å². The second kappa shape index (κ2) is 8.74. The third-order valence-corrected chi connectivity index (χ3v) is 5.79. The van der Waals surface area contributed by atoms with Crippen molar-refractivity contribution in [1.82, 2.24) is 10.3 Å².